The van der Waals surface area contributed by atoms with E-state index in [0.717, 1.165) is 36.0 Å². The van der Waals surface area contributed by atoms with Crippen molar-refractivity contribution >= 4 is 16.5 Å². The summed E-state index contributed by atoms with van der Waals surface area (Å²) in [4.78, 5) is 5.38. The Morgan fingerprint density at radius 1 is 1.22 bits per heavy atom. The Kier molecular flexibility index (Phi) is 9.28. The average Bonchev–Trinajstić information content (AvgIpc) is 3.22. The highest BCUT2D eigenvalue weighted by Gasteiger charge is 2.39. The molecule has 0 radical (unpaired) electrons. The molecule has 2 N–H and O–H groups in total. The summed E-state index contributed by atoms with van der Waals surface area (Å²) in [6.45, 7) is 15.7. The second-order valence-electron chi connectivity index (χ2n) is 10.6. The SMILES string of the molecule is C=C/C=C(\C=C(\C)C(C)CC)c1[nH]c2ccc(C3CCN(CC(O)C(F)(F)F)CC3)cc2c1C(C)C. The summed E-state index contributed by atoms with van der Waals surface area (Å²) >= 11 is 0. The molecule has 36 heavy (non-hydrogen) atoms. The van der Waals surface area contributed by atoms with Crippen LogP contribution in [0, 0.1) is 5.92 Å². The highest BCUT2D eigenvalue weighted by molar-refractivity contribution is 5.92. The third-order valence-corrected chi connectivity index (χ3v) is 7.67. The monoisotopic (exact) mass is 502 g/mol. The molecule has 2 heterocycles. The molecule has 2 unspecified atom stereocenters. The van der Waals surface area contributed by atoms with Crippen molar-refractivity contribution in [2.45, 2.75) is 78.0 Å². The summed E-state index contributed by atoms with van der Waals surface area (Å²) in [5, 5.41) is 10.6. The lowest BCUT2D eigenvalue weighted by Gasteiger charge is -2.33. The molecule has 6 heteroatoms. The van der Waals surface area contributed by atoms with Gasteiger partial charge in [0.1, 0.15) is 0 Å². The molecule has 1 aliphatic heterocycles. The van der Waals surface area contributed by atoms with Gasteiger partial charge in [0.15, 0.2) is 6.10 Å². The molecule has 0 saturated carbocycles. The summed E-state index contributed by atoms with van der Waals surface area (Å²) in [7, 11) is 0. The number of fused-ring (bicyclic) bond motifs is 1. The minimum Gasteiger partial charge on any atom is -0.382 e. The molecule has 1 aromatic carbocycles. The van der Waals surface area contributed by atoms with Gasteiger partial charge in [-0.1, -0.05) is 64.1 Å². The van der Waals surface area contributed by atoms with Crippen molar-refractivity contribution in [2.75, 3.05) is 19.6 Å². The molecule has 1 fully saturated rings. The number of nitrogens with one attached hydrogen (secondary N) is 1. The molecule has 1 aromatic heterocycles. The van der Waals surface area contributed by atoms with Gasteiger partial charge in [-0.05, 0) is 85.9 Å². The first kappa shape index (κ1) is 28.3. The zero-order chi connectivity index (χ0) is 26.6. The number of likely N-dealkylation sites (tertiary alicyclic amines) is 1. The number of aliphatic hydroxyl groups excluding tert-OH is 1. The van der Waals surface area contributed by atoms with E-state index in [-0.39, 0.29) is 6.54 Å². The van der Waals surface area contributed by atoms with Gasteiger partial charge >= 0.3 is 6.18 Å². The third-order valence-electron chi connectivity index (χ3n) is 7.67. The topological polar surface area (TPSA) is 39.3 Å². The van der Waals surface area contributed by atoms with E-state index in [1.165, 1.54) is 22.1 Å². The normalized spacial score (nSPS) is 18.7. The maximum atomic E-state index is 12.7. The number of aromatic amines is 1. The van der Waals surface area contributed by atoms with E-state index in [1.54, 1.807) is 4.90 Å². The maximum absolute atomic E-state index is 12.7. The summed E-state index contributed by atoms with van der Waals surface area (Å²) in [5.74, 6) is 1.10. The van der Waals surface area contributed by atoms with Crippen molar-refractivity contribution in [2.24, 2.45) is 5.92 Å². The van der Waals surface area contributed by atoms with E-state index in [1.807, 2.05) is 6.08 Å². The van der Waals surface area contributed by atoms with Crippen LogP contribution in [-0.2, 0) is 0 Å². The molecule has 198 valence electrons. The first-order valence-electron chi connectivity index (χ1n) is 13.1. The smallest absolute Gasteiger partial charge is 0.382 e. The molecular formula is C30H41F3N2O. The summed E-state index contributed by atoms with van der Waals surface area (Å²) in [5.41, 5.74) is 7.18. The van der Waals surface area contributed by atoms with Crippen molar-refractivity contribution in [1.82, 2.24) is 9.88 Å². The van der Waals surface area contributed by atoms with Gasteiger partial charge in [0.2, 0.25) is 0 Å². The van der Waals surface area contributed by atoms with E-state index in [0.29, 0.717) is 30.8 Å². The van der Waals surface area contributed by atoms with Gasteiger partial charge in [0.25, 0.3) is 0 Å². The third kappa shape index (κ3) is 6.51. The van der Waals surface area contributed by atoms with E-state index < -0.39 is 12.3 Å². The standard InChI is InChI=1S/C30H41F3N2O/c1-7-9-24(16-21(6)20(5)8-2)29-28(19(3)4)25-17-23(10-11-26(25)34-29)22-12-14-35(15-13-22)18-27(36)30(31,32)33/h7,9-11,16-17,19-20,22,27,34,36H,1,8,12-15,18H2,2-6H3/b21-16-,24-9+. The predicted molar refractivity (Wildman–Crippen MR) is 144 cm³/mol. The summed E-state index contributed by atoms with van der Waals surface area (Å²) < 4.78 is 38.2. The quantitative estimate of drug-likeness (QED) is 0.342. The molecule has 0 amide bonds. The molecule has 0 aliphatic carbocycles. The second-order valence-corrected chi connectivity index (χ2v) is 10.6. The lowest BCUT2D eigenvalue weighted by molar-refractivity contribution is -0.208. The number of benzene rings is 1. The van der Waals surface area contributed by atoms with Crippen molar-refractivity contribution < 1.29 is 18.3 Å². The largest absolute Gasteiger partial charge is 0.415 e. The van der Waals surface area contributed by atoms with E-state index >= 15 is 0 Å². The number of alkyl halides is 3. The van der Waals surface area contributed by atoms with Gasteiger partial charge < -0.3 is 15.0 Å². The van der Waals surface area contributed by atoms with Crippen LogP contribution in [0.25, 0.3) is 16.5 Å². The highest BCUT2D eigenvalue weighted by Crippen LogP contribution is 2.38. The Morgan fingerprint density at radius 3 is 2.44 bits per heavy atom. The number of halogens is 3. The number of allylic oxidation sites excluding steroid dienone is 5. The van der Waals surface area contributed by atoms with Gasteiger partial charge in [-0.2, -0.15) is 13.2 Å². The van der Waals surface area contributed by atoms with Gasteiger partial charge in [-0.25, -0.2) is 0 Å². The number of rotatable bonds is 9. The number of β-amino-alcohol motifs (C(OH)–C–C–N with tert-alkyl or cyclic N) is 1. The van der Waals surface area contributed by atoms with Crippen LogP contribution in [0.3, 0.4) is 0 Å². The minimum absolute atomic E-state index is 0.294. The molecule has 3 nitrogen and oxygen atoms in total. The zero-order valence-corrected chi connectivity index (χ0v) is 22.3. The van der Waals surface area contributed by atoms with Crippen LogP contribution in [0.1, 0.15) is 82.5 Å². The number of hydrogen-bond donors (Lipinski definition) is 2. The van der Waals surface area contributed by atoms with E-state index in [9.17, 15) is 18.3 Å². The molecule has 3 rings (SSSR count). The minimum atomic E-state index is -4.57. The van der Waals surface area contributed by atoms with Gasteiger partial charge in [-0.3, -0.25) is 0 Å². The average molecular weight is 503 g/mol. The van der Waals surface area contributed by atoms with Crippen LogP contribution in [0.2, 0.25) is 0 Å². The number of hydrogen-bond acceptors (Lipinski definition) is 2. The fourth-order valence-electron chi connectivity index (χ4n) is 5.15. The van der Waals surface area contributed by atoms with E-state index in [4.69, 9.17) is 0 Å². The molecule has 1 aliphatic rings. The van der Waals surface area contributed by atoms with Crippen LogP contribution in [0.4, 0.5) is 13.2 Å². The van der Waals surface area contributed by atoms with Crippen molar-refractivity contribution in [3.8, 4) is 0 Å². The molecule has 2 aromatic rings. The van der Waals surface area contributed by atoms with Crippen molar-refractivity contribution in [3.05, 3.63) is 65.4 Å². The number of nitrogens with zero attached hydrogens (tertiary/aromatic N) is 1. The van der Waals surface area contributed by atoms with Gasteiger partial charge in [-0.15, -0.1) is 0 Å². The van der Waals surface area contributed by atoms with Gasteiger partial charge in [0.05, 0.1) is 0 Å². The fourth-order valence-corrected chi connectivity index (χ4v) is 5.15. The highest BCUT2D eigenvalue weighted by atomic mass is 19.4. The number of aliphatic hydroxyl groups is 1. The lowest BCUT2D eigenvalue weighted by atomic mass is 9.87. The molecule has 0 bridgehead atoms. The van der Waals surface area contributed by atoms with Crippen LogP contribution in [-0.4, -0.2) is 46.9 Å². The van der Waals surface area contributed by atoms with Crippen LogP contribution < -0.4 is 0 Å². The first-order valence-corrected chi connectivity index (χ1v) is 13.1. The van der Waals surface area contributed by atoms with Crippen LogP contribution >= 0.6 is 0 Å². The van der Waals surface area contributed by atoms with Gasteiger partial charge in [0, 0.05) is 23.1 Å². The fraction of sp³-hybridized carbons (Fsp3) is 0.533. The zero-order valence-electron chi connectivity index (χ0n) is 22.3. The second kappa shape index (κ2) is 11.8. The Morgan fingerprint density at radius 2 is 1.89 bits per heavy atom. The van der Waals surface area contributed by atoms with Crippen molar-refractivity contribution in [1.29, 1.82) is 0 Å². The Bertz CT molecular complexity index is 1100. The predicted octanol–water partition coefficient (Wildman–Crippen LogP) is 7.96. The number of piperidine rings is 1. The summed E-state index contributed by atoms with van der Waals surface area (Å²) in [6.07, 6.45) is 1.96. The molecule has 1 saturated heterocycles. The molecule has 0 spiro atoms. The van der Waals surface area contributed by atoms with Crippen molar-refractivity contribution in [3.63, 3.8) is 0 Å². The summed E-state index contributed by atoms with van der Waals surface area (Å²) in [6, 6.07) is 6.55. The first-order chi connectivity index (χ1) is 17.0. The Balaban J connectivity index is 1.90. The Labute approximate surface area is 213 Å². The Hall–Kier alpha value is -2.31. The lowest BCUT2D eigenvalue weighted by Crippen LogP contribution is -2.43. The van der Waals surface area contributed by atoms with Crippen LogP contribution in [0.15, 0.2) is 48.6 Å². The molecule has 2 atom stereocenters. The molecular weight excluding hydrogens is 461 g/mol. The van der Waals surface area contributed by atoms with E-state index in [2.05, 4.69) is 76.5 Å². The number of aromatic nitrogens is 1. The number of H-pyrrole nitrogens is 1. The van der Waals surface area contributed by atoms with Crippen LogP contribution in [0.5, 0.6) is 0 Å². The maximum Gasteiger partial charge on any atom is 0.415 e.